The van der Waals surface area contributed by atoms with Crippen LogP contribution < -0.4 is 58.9 Å². The van der Waals surface area contributed by atoms with E-state index in [2.05, 4.69) is 58.2 Å². The van der Waals surface area contributed by atoms with Crippen LogP contribution >= 0.6 is 11.8 Å². The number of likely N-dealkylation sites (N-methyl/N-ethyl adjacent to an activating group) is 2. The number of carboxylic acid groups (broad SMARTS) is 2. The maximum Gasteiger partial charge on any atom is 0.323 e. The van der Waals surface area contributed by atoms with Crippen molar-refractivity contribution >= 4 is 146 Å². The van der Waals surface area contributed by atoms with Gasteiger partial charge in [0, 0.05) is 122 Å². The lowest BCUT2D eigenvalue weighted by Gasteiger charge is -2.38. The second-order valence-corrected chi connectivity index (χ2v) is 43.9. The Balaban J connectivity index is 1.16. The Kier molecular flexibility index (Phi) is 41.9. The van der Waals surface area contributed by atoms with Crippen LogP contribution in [0.3, 0.4) is 0 Å². The number of unbranched alkanes of at least 4 members (excludes halogenated alkanes) is 2. The molecule has 16 N–H and O–H groups in total. The van der Waals surface area contributed by atoms with Gasteiger partial charge in [0.05, 0.1) is 18.3 Å². The number of fused-ring (bicyclic) bond motifs is 5. The number of aliphatic carboxylic acids is 2. The summed E-state index contributed by atoms with van der Waals surface area (Å²) in [6, 6.07) is -3.47. The number of aliphatic hydroxyl groups is 1. The molecule has 4 aliphatic rings. The molecule has 0 aliphatic carbocycles. The molecule has 0 saturated carbocycles. The van der Waals surface area contributed by atoms with Gasteiger partial charge in [0.2, 0.25) is 94.5 Å². The highest BCUT2D eigenvalue weighted by atomic mass is 32.2. The molecule has 16 amide bonds. The summed E-state index contributed by atoms with van der Waals surface area (Å²) < 4.78 is 14.5. The lowest BCUT2D eigenvalue weighted by Crippen LogP contribution is -2.62. The van der Waals surface area contributed by atoms with E-state index in [-0.39, 0.29) is 95.5 Å². The fourth-order valence-electron chi connectivity index (χ4n) is 19.1. The number of Topliss-reactive ketones (excluding diaryl/α,β-unsaturated/α-hetero) is 1. The molecule has 2 aromatic heterocycles. The van der Waals surface area contributed by atoms with E-state index in [1.807, 2.05) is 13.8 Å². The number of halogens is 1. The van der Waals surface area contributed by atoms with E-state index >= 15 is 62.3 Å². The van der Waals surface area contributed by atoms with E-state index in [1.165, 1.54) is 60.6 Å². The van der Waals surface area contributed by atoms with E-state index in [4.69, 9.17) is 5.73 Å². The maximum atomic E-state index is 16.2. The molecular weight excluding hydrogens is 1900 g/mol. The van der Waals surface area contributed by atoms with Crippen LogP contribution in [0.1, 0.15) is 229 Å². The highest BCUT2D eigenvalue weighted by Gasteiger charge is 2.49. The third kappa shape index (κ3) is 31.8. The zero-order valence-corrected chi connectivity index (χ0v) is 87.5. The molecular formula is C104H149FN18O22S. The fraction of sp³-hybridized carbons (Fsp3) is 0.606. The third-order valence-corrected chi connectivity index (χ3v) is 28.7. The number of rotatable bonds is 27. The van der Waals surface area contributed by atoms with E-state index in [9.17, 15) is 48.5 Å². The van der Waals surface area contributed by atoms with Crippen LogP contribution in [0.15, 0.2) is 85.2 Å². The molecule has 3 aromatic carbocycles. The summed E-state index contributed by atoms with van der Waals surface area (Å²) in [5.74, 6) is -19.7. The molecule has 4 saturated heterocycles. The van der Waals surface area contributed by atoms with Crippen molar-refractivity contribution in [3.05, 3.63) is 108 Å². The van der Waals surface area contributed by atoms with Crippen LogP contribution in [-0.2, 0) is 117 Å². The van der Waals surface area contributed by atoms with Gasteiger partial charge in [0.25, 0.3) is 0 Å². The predicted molar refractivity (Wildman–Crippen MR) is 543 cm³/mol. The van der Waals surface area contributed by atoms with Crippen molar-refractivity contribution in [2.75, 3.05) is 46.0 Å². The number of hydrogen-bond acceptors (Lipinski definition) is 21. The summed E-state index contributed by atoms with van der Waals surface area (Å²) in [6.07, 6.45) is 0.0542. The zero-order chi connectivity index (χ0) is 108. The van der Waals surface area contributed by atoms with Gasteiger partial charge in [-0.25, -0.2) is 4.39 Å². The first-order valence-corrected chi connectivity index (χ1v) is 51.6. The highest BCUT2D eigenvalue weighted by Crippen LogP contribution is 2.33. The van der Waals surface area contributed by atoms with Crippen LogP contribution in [-0.4, -0.2) is 303 Å². The Labute approximate surface area is 855 Å². The number of primary amides is 1. The standard InChI is InChI=1S/C104H149FN18O22S/c1-17-19-31-77-92(136)112-70(46-58(3)4)91(135)117-86(87(106)131)104(13,14)146-57-83(126)109-73(48-60-36-38-63(105)39-37-60)97(141)121-44-26-25-34-78(121)94(138)116-75(52-84(127)128)98(142)122-45-27-35-79(122)93(137)111-68(40-41-82(125)102(7,8)9)88(132)114-72(47-59(5)6)99(143)123-55-64(124)51-81(123)95(139)113-71(49-61-53-108-67-30-23-21-28-65(61)67)90(134)110-69(42-43-107-101(145)103(10,11)12)89(133)115-74(96(140)119(16)80(32-20-18-2)100(144)118(77)15)50-62-54-120(56-85(129)130)76-33-24-22-29-66(62)76/h21-24,28-30,33,36-39,53-54,58-59,64,68-75,77-81,86,108,124H,17-20,25-27,31-32,34-35,40-52,55-57H2,1-16H3,(H2,106,131)(H,107,145)(H,109,126)(H,110,134)(H,111,137)(H,112,136)(H,113,139)(H,114,132)(H,115,133)(H,116,138)(H,117,135)(H,127,128)(H,129,130)/t64-,68+,69+,70+,71+,72+,73+,74+,75+,77+,78+,79+,80+,81+,86-/m1/s1. The van der Waals surface area contributed by atoms with Crippen molar-refractivity contribution in [3.8, 4) is 0 Å². The van der Waals surface area contributed by atoms with Gasteiger partial charge in [-0.15, -0.1) is 11.8 Å². The number of carbonyl (C=O) groups is 19. The summed E-state index contributed by atoms with van der Waals surface area (Å²) in [4.78, 5) is 292. The van der Waals surface area contributed by atoms with Crippen LogP contribution in [0.5, 0.6) is 0 Å². The normalized spacial score (nSPS) is 24.9. The van der Waals surface area contributed by atoms with Gasteiger partial charge >= 0.3 is 11.9 Å². The van der Waals surface area contributed by atoms with Crippen molar-refractivity contribution in [3.63, 3.8) is 0 Å². The minimum Gasteiger partial charge on any atom is -0.481 e. The lowest BCUT2D eigenvalue weighted by atomic mass is 9.87. The average Bonchev–Trinajstić information content (AvgIpc) is 1.62. The Morgan fingerprint density at radius 1 is 0.521 bits per heavy atom. The van der Waals surface area contributed by atoms with Gasteiger partial charge in [-0.3, -0.25) is 91.1 Å². The number of aromatic nitrogens is 2. The van der Waals surface area contributed by atoms with Crippen molar-refractivity contribution in [2.24, 2.45) is 28.4 Å². The highest BCUT2D eigenvalue weighted by molar-refractivity contribution is 8.01. The average molecular weight is 2050 g/mol. The topological polar surface area (TPSA) is 568 Å². The van der Waals surface area contributed by atoms with Crippen LogP contribution in [0.2, 0.25) is 0 Å². The van der Waals surface area contributed by atoms with Crippen LogP contribution in [0.4, 0.5) is 4.39 Å². The number of hydrogen-bond donors (Lipinski definition) is 15. The molecule has 146 heavy (non-hydrogen) atoms. The molecule has 0 radical (unpaired) electrons. The maximum absolute atomic E-state index is 16.2. The molecule has 5 aromatic rings. The number of nitrogens with two attached hydrogens (primary N) is 1. The van der Waals surface area contributed by atoms with E-state index in [1.54, 1.807) is 124 Å². The largest absolute Gasteiger partial charge is 0.481 e. The SMILES string of the molecule is CCCC[C@H]1C(=O)N(C)[C@@H](CCCC)C(=O)N[C@@H](CC(C)C)C(=O)N[C@H](C(N)=O)C(C)(C)SCC(=O)N[C@@H](Cc2ccc(F)cc2)C(=O)N2CCCC[C@H]2C(=O)N[C@@H](CC(=O)O)C(=O)N2CCC[C@H]2C(=O)N[C@@H](CCC(=O)C(C)(C)C)C(=O)N[C@@H](CC(C)C)C(=O)N2C[C@H](O)C[C@H]2C(=O)N[C@@H](Cc2c[nH]c3ccccc23)C(=O)N[C@@H](CCNC(=O)C(C)(C)C)C(=O)N[C@@H](Cc2cn(CC(=O)O)c3ccccc23)C(=O)N1C. The molecule has 42 heteroatoms. The number of para-hydroxylation sites is 2. The molecule has 9 rings (SSSR count). The Bertz CT molecular complexity index is 5560. The summed E-state index contributed by atoms with van der Waals surface area (Å²) in [5.41, 5.74) is 6.32. The van der Waals surface area contributed by atoms with Crippen molar-refractivity contribution in [1.29, 1.82) is 0 Å². The summed E-state index contributed by atoms with van der Waals surface area (Å²) >= 11 is 0.837. The second kappa shape index (κ2) is 52.4. The first-order valence-electron chi connectivity index (χ1n) is 50.6. The molecule has 0 spiro atoms. The second-order valence-electron chi connectivity index (χ2n) is 42.3. The quantitative estimate of drug-likeness (QED) is 0.0341. The summed E-state index contributed by atoms with van der Waals surface area (Å²) in [5, 5.41) is 61.0. The van der Waals surface area contributed by atoms with Gasteiger partial charge in [0.15, 0.2) is 0 Å². The number of carbonyl (C=O) groups excluding carboxylic acids is 17. The monoisotopic (exact) mass is 2050 g/mol. The molecule has 4 fully saturated rings. The van der Waals surface area contributed by atoms with E-state index in [0.717, 1.165) is 38.6 Å². The minimum absolute atomic E-state index is 0.000576. The molecule has 6 heterocycles. The number of benzene rings is 3. The third-order valence-electron chi connectivity index (χ3n) is 27.3. The zero-order valence-electron chi connectivity index (χ0n) is 86.6. The molecule has 15 atom stereocenters. The molecule has 0 unspecified atom stereocenters. The van der Waals surface area contributed by atoms with Gasteiger partial charge in [0.1, 0.15) is 103 Å². The number of carboxylic acids is 2. The molecule has 40 nitrogen and oxygen atoms in total. The minimum atomic E-state index is -1.91. The van der Waals surface area contributed by atoms with Gasteiger partial charge < -0.3 is 108 Å². The number of thioether (sulfide) groups is 1. The molecule has 800 valence electrons. The fourth-order valence-corrected chi connectivity index (χ4v) is 20.0. The Morgan fingerprint density at radius 2 is 1.03 bits per heavy atom. The van der Waals surface area contributed by atoms with Gasteiger partial charge in [-0.1, -0.05) is 157 Å². The van der Waals surface area contributed by atoms with Crippen molar-refractivity contribution in [1.82, 2.24) is 87.2 Å². The summed E-state index contributed by atoms with van der Waals surface area (Å²) in [6.45, 7) is 21.9. The summed E-state index contributed by atoms with van der Waals surface area (Å²) in [7, 11) is 2.70. The van der Waals surface area contributed by atoms with Crippen LogP contribution in [0.25, 0.3) is 21.8 Å². The van der Waals surface area contributed by atoms with Crippen LogP contribution in [0, 0.1) is 28.5 Å². The Hall–Kier alpha value is -12.9. The Morgan fingerprint density at radius 3 is 1.64 bits per heavy atom. The van der Waals surface area contributed by atoms with Gasteiger partial charge in [-0.2, -0.15) is 0 Å². The van der Waals surface area contributed by atoms with Crippen molar-refractivity contribution in [2.45, 2.75) is 334 Å². The number of aliphatic hydroxyl groups excluding tert-OH is 1. The molecule has 0 bridgehead atoms. The number of nitrogens with one attached hydrogen (secondary N) is 11. The number of nitrogens with zero attached hydrogens (tertiary/aromatic N) is 6. The first kappa shape index (κ1) is 117. The first-order chi connectivity index (χ1) is 68.7. The predicted octanol–water partition coefficient (Wildman–Crippen LogP) is 4.63. The lowest BCUT2D eigenvalue weighted by molar-refractivity contribution is -0.149. The number of H-pyrrole nitrogens is 1. The number of ketones is 1. The van der Waals surface area contributed by atoms with Gasteiger partial charge in [-0.05, 0) is 137 Å². The van der Waals surface area contributed by atoms with E-state index in [0.29, 0.717) is 77.0 Å². The number of amides is 16. The molecule has 4 aliphatic heterocycles. The van der Waals surface area contributed by atoms with E-state index < -0.39 is 275 Å². The number of piperidine rings is 1. The van der Waals surface area contributed by atoms with Crippen molar-refractivity contribution < 1.29 is 111 Å². The smallest absolute Gasteiger partial charge is 0.323 e. The number of aromatic amines is 1.